The molecule has 124 valence electrons. The molecule has 3 aromatic rings. The van der Waals surface area contributed by atoms with Gasteiger partial charge in [-0.15, -0.1) is 0 Å². The standard InChI is InChI=1S/C23H22N2/c1-16-23(2,3)20-15-17(10-14-22(20)25(16)4)9-12-19-13-11-18-7-5-6-8-21(18)24-19/h5-15H,1H2,2-4H3. The van der Waals surface area contributed by atoms with Crippen LogP contribution >= 0.6 is 0 Å². The van der Waals surface area contributed by atoms with Gasteiger partial charge in [-0.25, -0.2) is 4.98 Å². The highest BCUT2D eigenvalue weighted by molar-refractivity contribution is 5.81. The van der Waals surface area contributed by atoms with Crippen molar-refractivity contribution in [2.75, 3.05) is 11.9 Å². The van der Waals surface area contributed by atoms with Crippen LogP contribution in [0.1, 0.15) is 30.7 Å². The van der Waals surface area contributed by atoms with Gasteiger partial charge in [-0.3, -0.25) is 0 Å². The molecule has 2 heterocycles. The highest BCUT2D eigenvalue weighted by Gasteiger charge is 2.36. The summed E-state index contributed by atoms with van der Waals surface area (Å²) in [4.78, 5) is 6.89. The zero-order valence-electron chi connectivity index (χ0n) is 15.0. The van der Waals surface area contributed by atoms with Crippen molar-refractivity contribution in [2.24, 2.45) is 0 Å². The van der Waals surface area contributed by atoms with E-state index in [2.05, 4.69) is 80.9 Å². The summed E-state index contributed by atoms with van der Waals surface area (Å²) in [6.07, 6.45) is 4.21. The summed E-state index contributed by atoms with van der Waals surface area (Å²) >= 11 is 0. The molecule has 0 radical (unpaired) electrons. The molecular formula is C23H22N2. The largest absolute Gasteiger partial charge is 0.348 e. The first-order valence-corrected chi connectivity index (χ1v) is 8.58. The predicted molar refractivity (Wildman–Crippen MR) is 108 cm³/mol. The molecule has 0 saturated heterocycles. The van der Waals surface area contributed by atoms with Gasteiger partial charge in [0.15, 0.2) is 0 Å². The molecular weight excluding hydrogens is 304 g/mol. The normalized spacial score (nSPS) is 16.0. The van der Waals surface area contributed by atoms with Crippen molar-refractivity contribution in [3.8, 4) is 0 Å². The number of aromatic nitrogens is 1. The lowest BCUT2D eigenvalue weighted by molar-refractivity contribution is 0.643. The maximum absolute atomic E-state index is 4.71. The number of likely N-dealkylation sites (N-methyl/N-ethyl adjacent to an activating group) is 1. The van der Waals surface area contributed by atoms with Gasteiger partial charge in [0, 0.05) is 29.2 Å². The molecule has 2 aromatic carbocycles. The molecule has 0 spiro atoms. The number of fused-ring (bicyclic) bond motifs is 2. The van der Waals surface area contributed by atoms with Crippen LogP contribution < -0.4 is 4.90 Å². The summed E-state index contributed by atoms with van der Waals surface area (Å²) in [5.41, 5.74) is 6.86. The first-order chi connectivity index (χ1) is 12.0. The van der Waals surface area contributed by atoms with Crippen molar-refractivity contribution in [1.29, 1.82) is 0 Å². The fraction of sp³-hybridized carbons (Fsp3) is 0.174. The van der Waals surface area contributed by atoms with Crippen LogP contribution in [0.5, 0.6) is 0 Å². The van der Waals surface area contributed by atoms with E-state index in [0.29, 0.717) is 0 Å². The Labute approximate surface area is 149 Å². The zero-order chi connectivity index (χ0) is 17.6. The molecule has 0 fully saturated rings. The minimum atomic E-state index is -0.0326. The second kappa shape index (κ2) is 5.59. The number of anilines is 1. The van der Waals surface area contributed by atoms with Crippen LogP contribution in [0.4, 0.5) is 5.69 Å². The van der Waals surface area contributed by atoms with E-state index in [1.165, 1.54) is 22.2 Å². The minimum Gasteiger partial charge on any atom is -0.348 e. The monoisotopic (exact) mass is 326 g/mol. The van der Waals surface area contributed by atoms with E-state index in [1.54, 1.807) is 0 Å². The number of hydrogen-bond acceptors (Lipinski definition) is 2. The van der Waals surface area contributed by atoms with Gasteiger partial charge in [0.2, 0.25) is 0 Å². The third kappa shape index (κ3) is 2.54. The molecule has 0 amide bonds. The van der Waals surface area contributed by atoms with Crippen molar-refractivity contribution in [1.82, 2.24) is 4.98 Å². The second-order valence-electron chi connectivity index (χ2n) is 7.17. The van der Waals surface area contributed by atoms with E-state index in [0.717, 1.165) is 16.9 Å². The topological polar surface area (TPSA) is 16.1 Å². The molecule has 4 rings (SSSR count). The Morgan fingerprint density at radius 2 is 1.80 bits per heavy atom. The first-order valence-electron chi connectivity index (χ1n) is 8.58. The third-order valence-electron chi connectivity index (χ3n) is 5.25. The number of allylic oxidation sites excluding steroid dienone is 1. The van der Waals surface area contributed by atoms with Crippen molar-refractivity contribution < 1.29 is 0 Å². The maximum atomic E-state index is 4.71. The molecule has 1 aliphatic rings. The number of para-hydroxylation sites is 1. The third-order valence-corrected chi connectivity index (χ3v) is 5.25. The van der Waals surface area contributed by atoms with Crippen LogP contribution in [-0.4, -0.2) is 12.0 Å². The molecule has 2 nitrogen and oxygen atoms in total. The molecule has 0 unspecified atom stereocenters. The SMILES string of the molecule is C=C1N(C)c2ccc(C=Cc3ccc4ccccc4n3)cc2C1(C)C. The van der Waals surface area contributed by atoms with Gasteiger partial charge in [-0.2, -0.15) is 0 Å². The Balaban J connectivity index is 1.68. The summed E-state index contributed by atoms with van der Waals surface area (Å²) in [5, 5.41) is 1.17. The number of nitrogens with zero attached hydrogens (tertiary/aromatic N) is 2. The Morgan fingerprint density at radius 1 is 1.00 bits per heavy atom. The molecule has 0 aliphatic carbocycles. The summed E-state index contributed by atoms with van der Waals surface area (Å²) in [6, 6.07) is 19.0. The van der Waals surface area contributed by atoms with Gasteiger partial charge >= 0.3 is 0 Å². The fourth-order valence-electron chi connectivity index (χ4n) is 3.53. The lowest BCUT2D eigenvalue weighted by Crippen LogP contribution is -2.21. The average molecular weight is 326 g/mol. The van der Waals surface area contributed by atoms with Crippen LogP contribution in [-0.2, 0) is 5.41 Å². The molecule has 25 heavy (non-hydrogen) atoms. The van der Waals surface area contributed by atoms with E-state index < -0.39 is 0 Å². The molecule has 0 saturated carbocycles. The Bertz CT molecular complexity index is 1010. The number of pyridine rings is 1. The lowest BCUT2D eigenvalue weighted by Gasteiger charge is -2.22. The van der Waals surface area contributed by atoms with Crippen LogP contribution in [0.3, 0.4) is 0 Å². The van der Waals surface area contributed by atoms with Crippen molar-refractivity contribution in [3.05, 3.63) is 83.7 Å². The van der Waals surface area contributed by atoms with Crippen molar-refractivity contribution >= 4 is 28.7 Å². The minimum absolute atomic E-state index is 0.0326. The number of hydrogen-bond donors (Lipinski definition) is 0. The van der Waals surface area contributed by atoms with Gasteiger partial charge in [-0.05, 0) is 41.5 Å². The first kappa shape index (κ1) is 15.6. The fourth-order valence-corrected chi connectivity index (χ4v) is 3.53. The molecule has 0 N–H and O–H groups in total. The Morgan fingerprint density at radius 3 is 2.64 bits per heavy atom. The van der Waals surface area contributed by atoms with Crippen LogP contribution in [0.25, 0.3) is 23.1 Å². The summed E-state index contributed by atoms with van der Waals surface area (Å²) in [6.45, 7) is 8.72. The van der Waals surface area contributed by atoms with Gasteiger partial charge in [-0.1, -0.05) is 56.8 Å². The smallest absolute Gasteiger partial charge is 0.0709 e. The molecule has 1 aliphatic heterocycles. The van der Waals surface area contributed by atoms with E-state index in [-0.39, 0.29) is 5.41 Å². The summed E-state index contributed by atoms with van der Waals surface area (Å²) in [7, 11) is 2.09. The second-order valence-corrected chi connectivity index (χ2v) is 7.17. The molecule has 0 atom stereocenters. The lowest BCUT2D eigenvalue weighted by atomic mass is 9.84. The van der Waals surface area contributed by atoms with E-state index in [9.17, 15) is 0 Å². The number of benzene rings is 2. The Kier molecular flexibility index (Phi) is 3.50. The molecule has 0 bridgehead atoms. The van der Waals surface area contributed by atoms with Crippen LogP contribution in [0.2, 0.25) is 0 Å². The predicted octanol–water partition coefficient (Wildman–Crippen LogP) is 5.65. The van der Waals surface area contributed by atoms with Gasteiger partial charge < -0.3 is 4.90 Å². The van der Waals surface area contributed by atoms with E-state index in [1.807, 2.05) is 18.2 Å². The van der Waals surface area contributed by atoms with Crippen LogP contribution in [0.15, 0.2) is 66.9 Å². The Hall–Kier alpha value is -2.87. The maximum Gasteiger partial charge on any atom is 0.0709 e. The van der Waals surface area contributed by atoms with Gasteiger partial charge in [0.1, 0.15) is 0 Å². The summed E-state index contributed by atoms with van der Waals surface area (Å²) in [5.74, 6) is 0. The van der Waals surface area contributed by atoms with Gasteiger partial charge in [0.05, 0.1) is 11.2 Å². The zero-order valence-corrected chi connectivity index (χ0v) is 15.0. The summed E-state index contributed by atoms with van der Waals surface area (Å²) < 4.78 is 0. The number of rotatable bonds is 2. The average Bonchev–Trinajstić information content (AvgIpc) is 2.80. The highest BCUT2D eigenvalue weighted by Crippen LogP contribution is 2.46. The molecule has 1 aromatic heterocycles. The van der Waals surface area contributed by atoms with E-state index >= 15 is 0 Å². The van der Waals surface area contributed by atoms with Crippen molar-refractivity contribution in [3.63, 3.8) is 0 Å². The molecule has 2 heteroatoms. The van der Waals surface area contributed by atoms with E-state index in [4.69, 9.17) is 4.98 Å². The highest BCUT2D eigenvalue weighted by atomic mass is 15.1. The van der Waals surface area contributed by atoms with Crippen molar-refractivity contribution in [2.45, 2.75) is 19.3 Å². The quantitative estimate of drug-likeness (QED) is 0.605. The van der Waals surface area contributed by atoms with Crippen LogP contribution in [0, 0.1) is 0 Å². The van der Waals surface area contributed by atoms with Gasteiger partial charge in [0.25, 0.3) is 0 Å².